The molecule has 0 atom stereocenters. The Kier molecular flexibility index (Phi) is 7.27. The van der Waals surface area contributed by atoms with Crippen LogP contribution in [0.2, 0.25) is 5.02 Å². The van der Waals surface area contributed by atoms with E-state index in [0.29, 0.717) is 27.9 Å². The largest absolute Gasteiger partial charge is 0.495 e. The van der Waals surface area contributed by atoms with E-state index < -0.39 is 15.9 Å². The Labute approximate surface area is 192 Å². The van der Waals surface area contributed by atoms with Gasteiger partial charge in [0.2, 0.25) is 0 Å². The number of anilines is 2. The molecule has 0 spiro atoms. The molecule has 0 aromatic heterocycles. The molecule has 1 amide bonds. The van der Waals surface area contributed by atoms with Crippen LogP contribution in [0.3, 0.4) is 0 Å². The second-order valence-electron chi connectivity index (χ2n) is 7.08. The molecule has 0 fully saturated rings. The van der Waals surface area contributed by atoms with Crippen molar-refractivity contribution in [3.63, 3.8) is 0 Å². The van der Waals surface area contributed by atoms with Gasteiger partial charge in [-0.15, -0.1) is 0 Å². The van der Waals surface area contributed by atoms with Gasteiger partial charge in [-0.3, -0.25) is 9.52 Å². The van der Waals surface area contributed by atoms with Crippen LogP contribution in [-0.2, 0) is 14.8 Å². The average molecular weight is 475 g/mol. The highest BCUT2D eigenvalue weighted by atomic mass is 35.5. The SMILES string of the molecule is COc1ccc(Cl)cc1NC(=O)COc1ccc(S(=O)(=O)Nc2cc(C)ccc2C)cc1. The number of nitrogens with one attached hydrogen (secondary N) is 2. The Hall–Kier alpha value is -3.23. The van der Waals surface area contributed by atoms with Gasteiger partial charge in [0.1, 0.15) is 11.5 Å². The van der Waals surface area contributed by atoms with Crippen LogP contribution in [0.5, 0.6) is 11.5 Å². The molecule has 0 aliphatic carbocycles. The van der Waals surface area contributed by atoms with Crippen LogP contribution in [-0.4, -0.2) is 28.0 Å². The first-order valence-corrected chi connectivity index (χ1v) is 11.5. The zero-order valence-electron chi connectivity index (χ0n) is 17.8. The van der Waals surface area contributed by atoms with Gasteiger partial charge < -0.3 is 14.8 Å². The van der Waals surface area contributed by atoms with E-state index in [1.165, 1.54) is 31.4 Å². The van der Waals surface area contributed by atoms with Crippen LogP contribution >= 0.6 is 11.6 Å². The van der Waals surface area contributed by atoms with Gasteiger partial charge in [0, 0.05) is 5.02 Å². The highest BCUT2D eigenvalue weighted by molar-refractivity contribution is 7.92. The molecule has 0 radical (unpaired) electrons. The van der Waals surface area contributed by atoms with Gasteiger partial charge in [-0.2, -0.15) is 0 Å². The first-order chi connectivity index (χ1) is 15.2. The zero-order valence-corrected chi connectivity index (χ0v) is 19.4. The molecule has 9 heteroatoms. The predicted molar refractivity (Wildman–Crippen MR) is 125 cm³/mol. The number of rotatable bonds is 8. The number of amides is 1. The average Bonchev–Trinajstić information content (AvgIpc) is 2.75. The van der Waals surface area contributed by atoms with E-state index >= 15 is 0 Å². The molecule has 3 aromatic carbocycles. The summed E-state index contributed by atoms with van der Waals surface area (Å²) in [4.78, 5) is 12.3. The van der Waals surface area contributed by atoms with Crippen molar-refractivity contribution < 1.29 is 22.7 Å². The lowest BCUT2D eigenvalue weighted by atomic mass is 10.1. The van der Waals surface area contributed by atoms with Crippen molar-refractivity contribution in [1.29, 1.82) is 0 Å². The molecule has 3 aromatic rings. The number of sulfonamides is 1. The fraction of sp³-hybridized carbons (Fsp3) is 0.174. The first kappa shape index (κ1) is 23.4. The first-order valence-electron chi connectivity index (χ1n) is 9.64. The fourth-order valence-corrected chi connectivity index (χ4v) is 4.17. The van der Waals surface area contributed by atoms with Gasteiger partial charge in [0.15, 0.2) is 6.61 Å². The molecule has 168 valence electrons. The molecule has 32 heavy (non-hydrogen) atoms. The lowest BCUT2D eigenvalue weighted by Gasteiger charge is -2.13. The summed E-state index contributed by atoms with van der Waals surface area (Å²) in [6.07, 6.45) is 0. The monoisotopic (exact) mass is 474 g/mol. The van der Waals surface area contributed by atoms with Crippen LogP contribution in [0.25, 0.3) is 0 Å². The maximum Gasteiger partial charge on any atom is 0.262 e. The molecule has 0 aliphatic heterocycles. The molecule has 0 aliphatic rings. The highest BCUT2D eigenvalue weighted by Crippen LogP contribution is 2.28. The number of halogens is 1. The summed E-state index contributed by atoms with van der Waals surface area (Å²) in [6.45, 7) is 3.45. The Balaban J connectivity index is 1.62. The van der Waals surface area contributed by atoms with Gasteiger partial charge in [-0.25, -0.2) is 8.42 Å². The van der Waals surface area contributed by atoms with E-state index in [-0.39, 0.29) is 11.5 Å². The third-order valence-corrected chi connectivity index (χ3v) is 6.19. The number of hydrogen-bond acceptors (Lipinski definition) is 5. The number of methoxy groups -OCH3 is 1. The van der Waals surface area contributed by atoms with Crippen molar-refractivity contribution >= 4 is 38.9 Å². The van der Waals surface area contributed by atoms with Gasteiger partial charge in [0.25, 0.3) is 15.9 Å². The standard InChI is InChI=1S/C23H23ClN2O5S/c1-15-4-5-16(2)20(12-15)26-32(28,29)19-9-7-18(8-10-19)31-14-23(27)25-21-13-17(24)6-11-22(21)30-3/h4-13,26H,14H2,1-3H3,(H,25,27). The van der Waals surface area contributed by atoms with Gasteiger partial charge in [-0.05, 0) is 73.5 Å². The summed E-state index contributed by atoms with van der Waals surface area (Å²) in [5.41, 5.74) is 2.72. The molecule has 0 bridgehead atoms. The summed E-state index contributed by atoms with van der Waals surface area (Å²) < 4.78 is 38.6. The van der Waals surface area contributed by atoms with Gasteiger partial charge in [-0.1, -0.05) is 23.7 Å². The highest BCUT2D eigenvalue weighted by Gasteiger charge is 2.16. The smallest absolute Gasteiger partial charge is 0.262 e. The molecular weight excluding hydrogens is 452 g/mol. The molecule has 0 heterocycles. The molecule has 3 rings (SSSR count). The predicted octanol–water partition coefficient (Wildman–Crippen LogP) is 4.78. The number of carbonyl (C=O) groups is 1. The van der Waals surface area contributed by atoms with Crippen LogP contribution < -0.4 is 19.5 Å². The maximum atomic E-state index is 12.7. The quantitative estimate of drug-likeness (QED) is 0.490. The third-order valence-electron chi connectivity index (χ3n) is 4.58. The van der Waals surface area contributed by atoms with E-state index in [4.69, 9.17) is 21.1 Å². The minimum absolute atomic E-state index is 0.0823. The third kappa shape index (κ3) is 5.93. The van der Waals surface area contributed by atoms with E-state index in [1.54, 1.807) is 24.3 Å². The summed E-state index contributed by atoms with van der Waals surface area (Å²) in [5, 5.41) is 3.12. The Morgan fingerprint density at radius 3 is 2.38 bits per heavy atom. The molecule has 0 unspecified atom stereocenters. The van der Waals surface area contributed by atoms with Gasteiger partial charge >= 0.3 is 0 Å². The normalized spacial score (nSPS) is 11.0. The van der Waals surface area contributed by atoms with E-state index in [9.17, 15) is 13.2 Å². The van der Waals surface area contributed by atoms with Crippen LogP contribution in [0.1, 0.15) is 11.1 Å². The fourth-order valence-electron chi connectivity index (χ4n) is 2.88. The summed E-state index contributed by atoms with van der Waals surface area (Å²) >= 11 is 5.96. The minimum atomic E-state index is -3.76. The number of aryl methyl sites for hydroxylation is 2. The van der Waals surface area contributed by atoms with Crippen molar-refractivity contribution in [3.8, 4) is 11.5 Å². The van der Waals surface area contributed by atoms with E-state index in [0.717, 1.165) is 11.1 Å². The number of hydrogen-bond donors (Lipinski definition) is 2. The topological polar surface area (TPSA) is 93.7 Å². The van der Waals surface area contributed by atoms with Gasteiger partial charge in [0.05, 0.1) is 23.4 Å². The second-order valence-corrected chi connectivity index (χ2v) is 9.20. The van der Waals surface area contributed by atoms with Crippen molar-refractivity contribution in [2.45, 2.75) is 18.7 Å². The Morgan fingerprint density at radius 1 is 0.969 bits per heavy atom. The van der Waals surface area contributed by atoms with Crippen molar-refractivity contribution in [2.75, 3.05) is 23.8 Å². The summed E-state index contributed by atoms with van der Waals surface area (Å²) in [5.74, 6) is 0.399. The van der Waals surface area contributed by atoms with Crippen LogP contribution in [0, 0.1) is 13.8 Å². The van der Waals surface area contributed by atoms with Crippen molar-refractivity contribution in [2.24, 2.45) is 0 Å². The second kappa shape index (κ2) is 9.93. The minimum Gasteiger partial charge on any atom is -0.495 e. The Bertz CT molecular complexity index is 1230. The molecule has 0 saturated carbocycles. The lowest BCUT2D eigenvalue weighted by Crippen LogP contribution is -2.20. The van der Waals surface area contributed by atoms with Crippen molar-refractivity contribution in [3.05, 3.63) is 76.8 Å². The molecule has 7 nitrogen and oxygen atoms in total. The van der Waals surface area contributed by atoms with Crippen LogP contribution in [0.4, 0.5) is 11.4 Å². The molecule has 0 saturated heterocycles. The summed E-state index contributed by atoms with van der Waals surface area (Å²) in [6, 6.07) is 16.2. The summed E-state index contributed by atoms with van der Waals surface area (Å²) in [7, 11) is -2.28. The number of ether oxygens (including phenoxy) is 2. The van der Waals surface area contributed by atoms with Crippen molar-refractivity contribution in [1.82, 2.24) is 0 Å². The maximum absolute atomic E-state index is 12.7. The number of benzene rings is 3. The van der Waals surface area contributed by atoms with E-state index in [1.807, 2.05) is 26.0 Å². The molecular formula is C23H23ClN2O5S. The van der Waals surface area contributed by atoms with E-state index in [2.05, 4.69) is 10.0 Å². The zero-order chi connectivity index (χ0) is 23.3. The number of carbonyl (C=O) groups excluding carboxylic acids is 1. The lowest BCUT2D eigenvalue weighted by molar-refractivity contribution is -0.118. The molecule has 2 N–H and O–H groups in total. The van der Waals surface area contributed by atoms with Crippen LogP contribution in [0.15, 0.2) is 65.6 Å². The Morgan fingerprint density at radius 2 is 1.69 bits per heavy atom.